The van der Waals surface area contributed by atoms with Gasteiger partial charge in [0, 0.05) is 12.1 Å². The normalized spacial score (nSPS) is 23.8. The highest BCUT2D eigenvalue weighted by molar-refractivity contribution is 9.10. The van der Waals surface area contributed by atoms with Gasteiger partial charge in [-0.25, -0.2) is 8.78 Å². The molecular formula is C14H16BrF2NO2. The maximum absolute atomic E-state index is 14.0. The fourth-order valence-corrected chi connectivity index (χ4v) is 2.95. The van der Waals surface area contributed by atoms with Gasteiger partial charge in [0.25, 0.3) is 0 Å². The summed E-state index contributed by atoms with van der Waals surface area (Å²) in [6, 6.07) is 2.49. The maximum atomic E-state index is 14.0. The summed E-state index contributed by atoms with van der Waals surface area (Å²) in [5.74, 6) is -2.26. The van der Waals surface area contributed by atoms with E-state index >= 15 is 0 Å². The molecule has 3 nitrogen and oxygen atoms in total. The zero-order valence-corrected chi connectivity index (χ0v) is 12.7. The lowest BCUT2D eigenvalue weighted by Crippen LogP contribution is -2.54. The molecule has 0 saturated carbocycles. The van der Waals surface area contributed by atoms with Crippen LogP contribution in [-0.4, -0.2) is 28.1 Å². The van der Waals surface area contributed by atoms with Crippen LogP contribution < -0.4 is 0 Å². The molecule has 0 radical (unpaired) electrons. The lowest BCUT2D eigenvalue weighted by Gasteiger charge is -2.41. The summed E-state index contributed by atoms with van der Waals surface area (Å²) >= 11 is 3.03. The van der Waals surface area contributed by atoms with Crippen molar-refractivity contribution in [1.82, 2.24) is 4.90 Å². The van der Waals surface area contributed by atoms with E-state index in [1.807, 2.05) is 0 Å². The number of aliphatic carboxylic acids is 1. The Balaban J connectivity index is 2.33. The Morgan fingerprint density at radius 3 is 2.80 bits per heavy atom. The van der Waals surface area contributed by atoms with E-state index in [1.165, 1.54) is 12.1 Å². The second-order valence-corrected chi connectivity index (χ2v) is 6.13. The number of halogens is 3. The zero-order valence-electron chi connectivity index (χ0n) is 11.1. The van der Waals surface area contributed by atoms with Gasteiger partial charge in [-0.2, -0.15) is 0 Å². The minimum atomic E-state index is -1.07. The Kier molecular flexibility index (Phi) is 4.44. The molecule has 1 aromatic rings. The third kappa shape index (κ3) is 2.72. The van der Waals surface area contributed by atoms with Gasteiger partial charge in [0.2, 0.25) is 0 Å². The zero-order chi connectivity index (χ0) is 14.9. The van der Waals surface area contributed by atoms with Crippen LogP contribution in [0, 0.1) is 11.6 Å². The van der Waals surface area contributed by atoms with Crippen molar-refractivity contribution in [3.63, 3.8) is 0 Å². The lowest BCUT2D eigenvalue weighted by molar-refractivity contribution is -0.153. The highest BCUT2D eigenvalue weighted by atomic mass is 79.9. The Labute approximate surface area is 124 Å². The summed E-state index contributed by atoms with van der Waals surface area (Å²) in [6.45, 7) is 2.09. The van der Waals surface area contributed by atoms with Gasteiger partial charge < -0.3 is 5.11 Å². The van der Waals surface area contributed by atoms with Gasteiger partial charge in [0.05, 0.1) is 4.47 Å². The van der Waals surface area contributed by atoms with Crippen molar-refractivity contribution in [1.29, 1.82) is 0 Å². The maximum Gasteiger partial charge on any atom is 0.323 e. The molecule has 1 unspecified atom stereocenters. The molecular weight excluding hydrogens is 332 g/mol. The second kappa shape index (κ2) is 5.77. The molecule has 1 heterocycles. The van der Waals surface area contributed by atoms with E-state index in [4.69, 9.17) is 0 Å². The van der Waals surface area contributed by atoms with Crippen LogP contribution in [0.5, 0.6) is 0 Å². The number of nitrogens with zero attached hydrogens (tertiary/aromatic N) is 1. The highest BCUT2D eigenvalue weighted by Gasteiger charge is 2.41. The quantitative estimate of drug-likeness (QED) is 0.850. The predicted octanol–water partition coefficient (Wildman–Crippen LogP) is 3.56. The molecule has 1 atom stereocenters. The Morgan fingerprint density at radius 2 is 2.15 bits per heavy atom. The third-order valence-electron chi connectivity index (χ3n) is 3.99. The number of hydrogen-bond donors (Lipinski definition) is 1. The molecule has 0 amide bonds. The Morgan fingerprint density at radius 1 is 1.45 bits per heavy atom. The first kappa shape index (κ1) is 15.4. The average molecular weight is 348 g/mol. The largest absolute Gasteiger partial charge is 0.480 e. The lowest BCUT2D eigenvalue weighted by atomic mass is 9.88. The van der Waals surface area contributed by atoms with Crippen molar-refractivity contribution in [3.8, 4) is 0 Å². The summed E-state index contributed by atoms with van der Waals surface area (Å²) in [4.78, 5) is 13.1. The van der Waals surface area contributed by atoms with E-state index in [-0.39, 0.29) is 16.6 Å². The molecule has 1 saturated heterocycles. The van der Waals surface area contributed by atoms with E-state index in [9.17, 15) is 18.7 Å². The van der Waals surface area contributed by atoms with Crippen LogP contribution in [0.3, 0.4) is 0 Å². The molecule has 0 spiro atoms. The first-order valence-corrected chi connectivity index (χ1v) is 7.26. The highest BCUT2D eigenvalue weighted by Crippen LogP contribution is 2.32. The van der Waals surface area contributed by atoms with Crippen molar-refractivity contribution in [3.05, 3.63) is 33.8 Å². The average Bonchev–Trinajstić information content (AvgIpc) is 2.41. The van der Waals surface area contributed by atoms with Gasteiger partial charge in [-0.15, -0.1) is 0 Å². The fourth-order valence-electron chi connectivity index (χ4n) is 2.58. The van der Waals surface area contributed by atoms with Crippen molar-refractivity contribution in [2.75, 3.05) is 6.54 Å². The van der Waals surface area contributed by atoms with E-state index in [0.29, 0.717) is 13.0 Å². The third-order valence-corrected chi connectivity index (χ3v) is 4.60. The van der Waals surface area contributed by atoms with E-state index in [2.05, 4.69) is 15.9 Å². The van der Waals surface area contributed by atoms with Gasteiger partial charge in [0.1, 0.15) is 17.2 Å². The molecule has 1 aromatic carbocycles. The number of carboxylic acid groups (broad SMARTS) is 1. The number of carbonyl (C=O) groups is 1. The van der Waals surface area contributed by atoms with Crippen LogP contribution in [0.15, 0.2) is 16.6 Å². The van der Waals surface area contributed by atoms with Crippen molar-refractivity contribution < 1.29 is 18.7 Å². The Hall–Kier alpha value is -1.01. The van der Waals surface area contributed by atoms with E-state index in [1.54, 1.807) is 11.8 Å². The number of piperidine rings is 1. The monoisotopic (exact) mass is 347 g/mol. The minimum absolute atomic E-state index is 0.0418. The van der Waals surface area contributed by atoms with Gasteiger partial charge in [-0.3, -0.25) is 9.69 Å². The molecule has 110 valence electrons. The molecule has 20 heavy (non-hydrogen) atoms. The van der Waals surface area contributed by atoms with Gasteiger partial charge in [0.15, 0.2) is 0 Å². The van der Waals surface area contributed by atoms with E-state index in [0.717, 1.165) is 12.8 Å². The fraction of sp³-hybridized carbons (Fsp3) is 0.500. The van der Waals surface area contributed by atoms with Crippen LogP contribution >= 0.6 is 15.9 Å². The molecule has 2 rings (SSSR count). The number of rotatable bonds is 3. The SMILES string of the molecule is CC1(C(=O)O)CCCCN1Cc1c(F)ccc(Br)c1F. The topological polar surface area (TPSA) is 40.5 Å². The van der Waals surface area contributed by atoms with Gasteiger partial charge >= 0.3 is 5.97 Å². The van der Waals surface area contributed by atoms with Gasteiger partial charge in [-0.05, 0) is 60.8 Å². The Bertz CT molecular complexity index is 538. The van der Waals surface area contributed by atoms with Crippen molar-refractivity contribution in [2.24, 2.45) is 0 Å². The first-order valence-electron chi connectivity index (χ1n) is 6.47. The summed E-state index contributed by atoms with van der Waals surface area (Å²) in [6.07, 6.45) is 2.13. The van der Waals surface area contributed by atoms with Crippen LogP contribution in [0.25, 0.3) is 0 Å². The summed E-state index contributed by atoms with van der Waals surface area (Å²) in [5.41, 5.74) is -1.16. The molecule has 0 bridgehead atoms. The molecule has 1 aliphatic rings. The molecule has 0 aromatic heterocycles. The number of likely N-dealkylation sites (tertiary alicyclic amines) is 1. The van der Waals surface area contributed by atoms with E-state index < -0.39 is 23.1 Å². The molecule has 0 aliphatic carbocycles. The van der Waals surface area contributed by atoms with Crippen molar-refractivity contribution in [2.45, 2.75) is 38.3 Å². The number of hydrogen-bond acceptors (Lipinski definition) is 2. The molecule has 1 N–H and O–H groups in total. The molecule has 6 heteroatoms. The number of benzene rings is 1. The second-order valence-electron chi connectivity index (χ2n) is 5.28. The minimum Gasteiger partial charge on any atom is -0.480 e. The van der Waals surface area contributed by atoms with Crippen LogP contribution in [0.4, 0.5) is 8.78 Å². The van der Waals surface area contributed by atoms with Crippen molar-refractivity contribution >= 4 is 21.9 Å². The molecule has 1 fully saturated rings. The summed E-state index contributed by atoms with van der Waals surface area (Å²) in [5, 5.41) is 9.40. The van der Waals surface area contributed by atoms with Crippen LogP contribution in [-0.2, 0) is 11.3 Å². The van der Waals surface area contributed by atoms with Gasteiger partial charge in [-0.1, -0.05) is 0 Å². The first-order chi connectivity index (χ1) is 9.36. The predicted molar refractivity (Wildman–Crippen MR) is 74.4 cm³/mol. The molecule has 1 aliphatic heterocycles. The van der Waals surface area contributed by atoms with Crippen LogP contribution in [0.1, 0.15) is 31.7 Å². The van der Waals surface area contributed by atoms with Crippen LogP contribution in [0.2, 0.25) is 0 Å². The summed E-state index contributed by atoms with van der Waals surface area (Å²) < 4.78 is 28.0. The summed E-state index contributed by atoms with van der Waals surface area (Å²) in [7, 11) is 0. The standard InChI is InChI=1S/C14H16BrF2NO2/c1-14(13(19)20)6-2-3-7-18(14)8-9-11(16)5-4-10(15)12(9)17/h4-5H,2-3,6-8H2,1H3,(H,19,20). The smallest absolute Gasteiger partial charge is 0.323 e. The number of carboxylic acids is 1.